The quantitative estimate of drug-likeness (QED) is 0.532. The highest BCUT2D eigenvalue weighted by Gasteiger charge is 2.04. The fraction of sp³-hybridized carbons (Fsp3) is 0.200. The van der Waals surface area contributed by atoms with Crippen molar-refractivity contribution in [2.45, 2.75) is 6.54 Å². The van der Waals surface area contributed by atoms with Crippen molar-refractivity contribution in [3.05, 3.63) is 37.2 Å². The van der Waals surface area contributed by atoms with Crippen molar-refractivity contribution >= 4 is 11.5 Å². The van der Waals surface area contributed by atoms with Crippen molar-refractivity contribution in [3.8, 4) is 0 Å². The summed E-state index contributed by atoms with van der Waals surface area (Å²) in [6, 6.07) is 0. The van der Waals surface area contributed by atoms with Crippen LogP contribution < -0.4 is 0 Å². The van der Waals surface area contributed by atoms with Crippen LogP contribution >= 0.6 is 0 Å². The average molecular weight is 192 g/mol. The number of ether oxygens (including phenoxy) is 1. The summed E-state index contributed by atoms with van der Waals surface area (Å²) in [5, 5.41) is 3.98. The van der Waals surface area contributed by atoms with E-state index >= 15 is 0 Å². The zero-order valence-corrected chi connectivity index (χ0v) is 8.06. The van der Waals surface area contributed by atoms with Gasteiger partial charge in [-0.1, -0.05) is 19.2 Å². The molecule has 74 valence electrons. The van der Waals surface area contributed by atoms with Gasteiger partial charge in [-0.3, -0.25) is 9.48 Å². The number of hydrogen-bond acceptors (Lipinski definition) is 3. The lowest BCUT2D eigenvalue weighted by atomic mass is 10.2. The summed E-state index contributed by atoms with van der Waals surface area (Å²) in [7, 11) is 1.34. The molecule has 0 saturated carbocycles. The molecule has 0 aliphatic carbocycles. The highest BCUT2D eigenvalue weighted by atomic mass is 16.5. The number of hydrogen-bond donors (Lipinski definition) is 0. The van der Waals surface area contributed by atoms with Crippen molar-refractivity contribution in [1.82, 2.24) is 9.78 Å². The Bertz CT molecular complexity index is 366. The normalized spacial score (nSPS) is 9.50. The number of allylic oxidation sites excluding steroid dienone is 2. The molecule has 0 unspecified atom stereocenters. The van der Waals surface area contributed by atoms with Gasteiger partial charge in [0.05, 0.1) is 13.3 Å². The van der Waals surface area contributed by atoms with Crippen LogP contribution in [-0.2, 0) is 16.1 Å². The second kappa shape index (κ2) is 4.41. The number of esters is 1. The molecule has 1 heterocycles. The minimum absolute atomic E-state index is 0.112. The summed E-state index contributed by atoms with van der Waals surface area (Å²) in [6.07, 6.45) is 4.99. The van der Waals surface area contributed by atoms with Gasteiger partial charge in [-0.2, -0.15) is 5.10 Å². The van der Waals surface area contributed by atoms with Crippen LogP contribution in [0, 0.1) is 0 Å². The van der Waals surface area contributed by atoms with Crippen LogP contribution in [0.2, 0.25) is 0 Å². The Morgan fingerprint density at radius 3 is 3.07 bits per heavy atom. The number of methoxy groups -OCH3 is 1. The van der Waals surface area contributed by atoms with E-state index in [1.807, 2.05) is 0 Å². The van der Waals surface area contributed by atoms with Gasteiger partial charge in [-0.25, -0.2) is 0 Å². The minimum atomic E-state index is -0.330. The van der Waals surface area contributed by atoms with Gasteiger partial charge in [-0.15, -0.1) is 0 Å². The van der Waals surface area contributed by atoms with Crippen LogP contribution in [0.3, 0.4) is 0 Å². The molecule has 0 aliphatic heterocycles. The summed E-state index contributed by atoms with van der Waals surface area (Å²) in [5.74, 6) is -0.330. The van der Waals surface area contributed by atoms with Crippen LogP contribution in [0.15, 0.2) is 31.6 Å². The molecule has 0 aliphatic rings. The smallest absolute Gasteiger partial charge is 0.327 e. The fourth-order valence-electron chi connectivity index (χ4n) is 0.931. The summed E-state index contributed by atoms with van der Waals surface area (Å²) in [4.78, 5) is 10.9. The lowest BCUT2D eigenvalue weighted by Gasteiger charge is -1.98. The zero-order chi connectivity index (χ0) is 10.6. The number of aromatic nitrogens is 2. The lowest BCUT2D eigenvalue weighted by molar-refractivity contribution is -0.141. The van der Waals surface area contributed by atoms with E-state index in [1.54, 1.807) is 18.5 Å². The first-order valence-corrected chi connectivity index (χ1v) is 4.08. The number of carbonyl (C=O) groups excluding carboxylic acids is 1. The molecule has 1 aromatic heterocycles. The number of carbonyl (C=O) groups is 1. The van der Waals surface area contributed by atoms with E-state index in [-0.39, 0.29) is 12.5 Å². The molecule has 0 bridgehead atoms. The predicted octanol–water partition coefficient (Wildman–Crippen LogP) is 1.26. The fourth-order valence-corrected chi connectivity index (χ4v) is 0.931. The standard InChI is InChI=1S/C10H12N2O2/c1-4-8(2)9-5-11-12(6-9)7-10(13)14-3/h4-6H,1-2,7H2,3H3. The predicted molar refractivity (Wildman–Crippen MR) is 53.5 cm³/mol. The Hall–Kier alpha value is -1.84. The van der Waals surface area contributed by atoms with Crippen molar-refractivity contribution in [1.29, 1.82) is 0 Å². The van der Waals surface area contributed by atoms with Gasteiger partial charge in [0.2, 0.25) is 0 Å². The molecule has 4 heteroatoms. The molecule has 1 rings (SSSR count). The third kappa shape index (κ3) is 2.32. The number of rotatable bonds is 4. The van der Waals surface area contributed by atoms with E-state index < -0.39 is 0 Å². The van der Waals surface area contributed by atoms with Gasteiger partial charge >= 0.3 is 5.97 Å². The molecule has 0 atom stereocenters. The van der Waals surface area contributed by atoms with Gasteiger partial charge in [-0.05, 0) is 5.57 Å². The summed E-state index contributed by atoms with van der Waals surface area (Å²) in [5.41, 5.74) is 1.63. The Labute approximate surface area is 82.5 Å². The molecular formula is C10H12N2O2. The van der Waals surface area contributed by atoms with Crippen LogP contribution in [0.4, 0.5) is 0 Å². The van der Waals surface area contributed by atoms with Crippen LogP contribution in [0.25, 0.3) is 5.57 Å². The van der Waals surface area contributed by atoms with Crippen molar-refractivity contribution < 1.29 is 9.53 Å². The molecule has 0 radical (unpaired) electrons. The monoisotopic (exact) mass is 192 g/mol. The minimum Gasteiger partial charge on any atom is -0.468 e. The molecule has 0 aromatic carbocycles. The first-order chi connectivity index (χ1) is 6.67. The summed E-state index contributed by atoms with van der Waals surface area (Å²) < 4.78 is 6.00. The molecule has 14 heavy (non-hydrogen) atoms. The van der Waals surface area contributed by atoms with Crippen molar-refractivity contribution in [2.75, 3.05) is 7.11 Å². The van der Waals surface area contributed by atoms with Gasteiger partial charge in [0, 0.05) is 11.8 Å². The lowest BCUT2D eigenvalue weighted by Crippen LogP contribution is -2.11. The SMILES string of the molecule is C=CC(=C)c1cnn(CC(=O)OC)c1. The van der Waals surface area contributed by atoms with Crippen molar-refractivity contribution in [2.24, 2.45) is 0 Å². The van der Waals surface area contributed by atoms with Crippen LogP contribution in [-0.4, -0.2) is 22.9 Å². The molecule has 0 fully saturated rings. The summed E-state index contributed by atoms with van der Waals surface area (Å²) in [6.45, 7) is 7.48. The Kier molecular flexibility index (Phi) is 3.23. The molecule has 0 spiro atoms. The number of nitrogens with zero attached hydrogens (tertiary/aromatic N) is 2. The third-order valence-corrected chi connectivity index (χ3v) is 1.77. The topological polar surface area (TPSA) is 44.1 Å². The van der Waals surface area contributed by atoms with Gasteiger partial charge in [0.25, 0.3) is 0 Å². The Morgan fingerprint density at radius 1 is 1.79 bits per heavy atom. The third-order valence-electron chi connectivity index (χ3n) is 1.77. The highest BCUT2D eigenvalue weighted by Crippen LogP contribution is 2.11. The molecule has 1 aromatic rings. The van der Waals surface area contributed by atoms with E-state index in [9.17, 15) is 4.79 Å². The molecular weight excluding hydrogens is 180 g/mol. The van der Waals surface area contributed by atoms with E-state index in [1.165, 1.54) is 11.8 Å². The maximum Gasteiger partial charge on any atom is 0.327 e. The largest absolute Gasteiger partial charge is 0.468 e. The maximum absolute atomic E-state index is 10.9. The van der Waals surface area contributed by atoms with E-state index in [2.05, 4.69) is 23.0 Å². The Balaban J connectivity index is 2.73. The second-order valence-electron chi connectivity index (χ2n) is 2.73. The van der Waals surface area contributed by atoms with Crippen LogP contribution in [0.1, 0.15) is 5.56 Å². The van der Waals surface area contributed by atoms with Gasteiger partial charge in [0.1, 0.15) is 6.54 Å². The zero-order valence-electron chi connectivity index (χ0n) is 8.06. The van der Waals surface area contributed by atoms with E-state index in [0.29, 0.717) is 0 Å². The highest BCUT2D eigenvalue weighted by molar-refractivity contribution is 5.71. The first-order valence-electron chi connectivity index (χ1n) is 4.08. The molecule has 0 N–H and O–H groups in total. The average Bonchev–Trinajstić information content (AvgIpc) is 2.65. The second-order valence-corrected chi connectivity index (χ2v) is 2.73. The van der Waals surface area contributed by atoms with Gasteiger partial charge in [0.15, 0.2) is 0 Å². The maximum atomic E-state index is 10.9. The van der Waals surface area contributed by atoms with Crippen LogP contribution in [0.5, 0.6) is 0 Å². The van der Waals surface area contributed by atoms with E-state index in [0.717, 1.165) is 11.1 Å². The van der Waals surface area contributed by atoms with Crippen molar-refractivity contribution in [3.63, 3.8) is 0 Å². The van der Waals surface area contributed by atoms with Gasteiger partial charge < -0.3 is 4.74 Å². The molecule has 0 saturated heterocycles. The summed E-state index contributed by atoms with van der Waals surface area (Å²) >= 11 is 0. The molecule has 0 amide bonds. The molecule has 4 nitrogen and oxygen atoms in total. The Morgan fingerprint density at radius 2 is 2.50 bits per heavy atom. The van der Waals surface area contributed by atoms with E-state index in [4.69, 9.17) is 0 Å². The first kappa shape index (κ1) is 10.2.